The molecule has 0 saturated heterocycles. The Morgan fingerprint density at radius 3 is 2.53 bits per heavy atom. The van der Waals surface area contributed by atoms with Gasteiger partial charge in [-0.2, -0.15) is 0 Å². The lowest BCUT2D eigenvalue weighted by molar-refractivity contribution is 0.426. The zero-order valence-corrected chi connectivity index (χ0v) is 8.21. The molecule has 4 nitrogen and oxygen atoms in total. The molecule has 76 valence electrons. The number of aromatic nitrogens is 1. The number of hydrogen-bond donors (Lipinski definition) is 2. The monoisotopic (exact) mass is 203 g/mol. The fraction of sp³-hybridized carbons (Fsp3) is 0.100. The second kappa shape index (κ2) is 3.53. The van der Waals surface area contributed by atoms with Crippen molar-refractivity contribution in [2.45, 2.75) is 0 Å². The van der Waals surface area contributed by atoms with Crippen LogP contribution >= 0.6 is 0 Å². The number of nitrogens with zero attached hydrogens (tertiary/aromatic N) is 1. The summed E-state index contributed by atoms with van der Waals surface area (Å²) in [4.78, 5) is 11.4. The van der Waals surface area contributed by atoms with Crippen molar-refractivity contribution in [2.24, 2.45) is 7.05 Å². The summed E-state index contributed by atoms with van der Waals surface area (Å²) in [5.74, 6) is 0. The first-order valence-electron chi connectivity index (χ1n) is 4.55. The quantitative estimate of drug-likeness (QED) is 0.597. The second-order valence-corrected chi connectivity index (χ2v) is 3.42. The maximum Gasteiger partial charge on any atom is 0.488 e. The maximum absolute atomic E-state index is 11.4. The van der Waals surface area contributed by atoms with E-state index in [1.807, 2.05) is 0 Å². The number of fused-ring (bicyclic) bond motifs is 1. The fourth-order valence-electron chi connectivity index (χ4n) is 1.54. The van der Waals surface area contributed by atoms with Crippen molar-refractivity contribution < 1.29 is 10.0 Å². The van der Waals surface area contributed by atoms with Crippen LogP contribution in [0.3, 0.4) is 0 Å². The van der Waals surface area contributed by atoms with Crippen molar-refractivity contribution in [3.05, 3.63) is 40.7 Å². The first-order chi connectivity index (χ1) is 7.09. The first-order valence-corrected chi connectivity index (χ1v) is 4.55. The van der Waals surface area contributed by atoms with Crippen LogP contribution in [0.2, 0.25) is 0 Å². The average molecular weight is 203 g/mol. The molecule has 0 radical (unpaired) electrons. The van der Waals surface area contributed by atoms with E-state index in [2.05, 4.69) is 0 Å². The molecule has 0 saturated carbocycles. The highest BCUT2D eigenvalue weighted by Crippen LogP contribution is 2.08. The van der Waals surface area contributed by atoms with Crippen LogP contribution in [-0.2, 0) is 7.05 Å². The topological polar surface area (TPSA) is 62.5 Å². The Hall–Kier alpha value is -1.59. The predicted octanol–water partition coefficient (Wildman–Crippen LogP) is -0.782. The molecule has 1 aromatic carbocycles. The fourth-order valence-corrected chi connectivity index (χ4v) is 1.54. The average Bonchev–Trinajstić information content (AvgIpc) is 2.23. The van der Waals surface area contributed by atoms with E-state index in [1.165, 1.54) is 10.6 Å². The molecule has 1 aromatic heterocycles. The normalized spacial score (nSPS) is 10.6. The Morgan fingerprint density at radius 1 is 1.20 bits per heavy atom. The summed E-state index contributed by atoms with van der Waals surface area (Å²) < 4.78 is 1.47. The molecule has 0 aliphatic heterocycles. The van der Waals surface area contributed by atoms with E-state index >= 15 is 0 Å². The van der Waals surface area contributed by atoms with Crippen molar-refractivity contribution in [1.82, 2.24) is 4.57 Å². The predicted molar refractivity (Wildman–Crippen MR) is 59.0 cm³/mol. The third-order valence-electron chi connectivity index (χ3n) is 2.45. The largest absolute Gasteiger partial charge is 0.488 e. The molecule has 0 bridgehead atoms. The minimum Gasteiger partial charge on any atom is -0.423 e. The van der Waals surface area contributed by atoms with E-state index in [0.717, 1.165) is 5.39 Å². The van der Waals surface area contributed by atoms with E-state index < -0.39 is 7.12 Å². The van der Waals surface area contributed by atoms with Crippen LogP contribution in [0, 0.1) is 0 Å². The molecule has 0 spiro atoms. The summed E-state index contributed by atoms with van der Waals surface area (Å²) in [6.45, 7) is 0. The molecule has 2 rings (SSSR count). The molecule has 0 fully saturated rings. The molecule has 2 N–H and O–H groups in total. The Kier molecular flexibility index (Phi) is 2.34. The van der Waals surface area contributed by atoms with Crippen LogP contribution in [0.5, 0.6) is 0 Å². The lowest BCUT2D eigenvalue weighted by Crippen LogP contribution is -2.30. The van der Waals surface area contributed by atoms with Crippen LogP contribution in [0.25, 0.3) is 10.9 Å². The van der Waals surface area contributed by atoms with Gasteiger partial charge in [-0.3, -0.25) is 4.79 Å². The van der Waals surface area contributed by atoms with Gasteiger partial charge in [0.2, 0.25) is 0 Å². The second-order valence-electron chi connectivity index (χ2n) is 3.42. The molecule has 1 heterocycles. The van der Waals surface area contributed by atoms with Gasteiger partial charge in [0, 0.05) is 13.1 Å². The van der Waals surface area contributed by atoms with E-state index in [9.17, 15) is 4.79 Å². The molecule has 2 aromatic rings. The number of hydrogen-bond acceptors (Lipinski definition) is 3. The van der Waals surface area contributed by atoms with Crippen LogP contribution in [0.4, 0.5) is 0 Å². The summed E-state index contributed by atoms with van der Waals surface area (Å²) >= 11 is 0. The molecular weight excluding hydrogens is 193 g/mol. The van der Waals surface area contributed by atoms with Gasteiger partial charge in [-0.1, -0.05) is 12.1 Å². The van der Waals surface area contributed by atoms with Gasteiger partial charge in [-0.15, -0.1) is 0 Å². The van der Waals surface area contributed by atoms with Gasteiger partial charge < -0.3 is 14.6 Å². The summed E-state index contributed by atoms with van der Waals surface area (Å²) in [7, 11) is 0.141. The van der Waals surface area contributed by atoms with Crippen molar-refractivity contribution in [2.75, 3.05) is 0 Å². The van der Waals surface area contributed by atoms with Crippen molar-refractivity contribution in [3.8, 4) is 0 Å². The Morgan fingerprint density at radius 2 is 1.87 bits per heavy atom. The smallest absolute Gasteiger partial charge is 0.423 e. The molecule has 15 heavy (non-hydrogen) atoms. The molecule has 0 amide bonds. The molecular formula is C10H10BNO3. The number of rotatable bonds is 1. The van der Waals surface area contributed by atoms with Gasteiger partial charge in [-0.25, -0.2) is 0 Å². The SMILES string of the molecule is Cn1c(=O)ccc2ccc(B(O)O)cc21. The summed E-state index contributed by atoms with van der Waals surface area (Å²) in [6.07, 6.45) is 0. The molecule has 0 unspecified atom stereocenters. The van der Waals surface area contributed by atoms with E-state index in [4.69, 9.17) is 10.0 Å². The van der Waals surface area contributed by atoms with Crippen LogP contribution in [0.1, 0.15) is 0 Å². The van der Waals surface area contributed by atoms with E-state index in [1.54, 1.807) is 31.3 Å². The summed E-state index contributed by atoms with van der Waals surface area (Å²) in [6, 6.07) is 8.17. The Balaban J connectivity index is 2.79. The molecule has 0 aliphatic carbocycles. The van der Waals surface area contributed by atoms with Gasteiger partial charge in [0.25, 0.3) is 5.56 Å². The minimum atomic E-state index is -1.51. The van der Waals surface area contributed by atoms with Crippen LogP contribution < -0.4 is 11.0 Å². The highest BCUT2D eigenvalue weighted by atomic mass is 16.4. The highest BCUT2D eigenvalue weighted by Gasteiger charge is 2.11. The zero-order valence-electron chi connectivity index (χ0n) is 8.21. The number of aryl methyl sites for hydroxylation is 1. The standard InChI is InChI=1S/C10H10BNO3/c1-12-9-6-8(11(14)15)4-2-7(9)3-5-10(12)13/h2-6,14-15H,1H3. The Bertz CT molecular complexity index is 562. The maximum atomic E-state index is 11.4. The third kappa shape index (κ3) is 1.67. The minimum absolute atomic E-state index is 0.118. The van der Waals surface area contributed by atoms with Crippen molar-refractivity contribution in [3.63, 3.8) is 0 Å². The highest BCUT2D eigenvalue weighted by molar-refractivity contribution is 6.58. The first kappa shape index (κ1) is 9.95. The van der Waals surface area contributed by atoms with Gasteiger partial charge >= 0.3 is 7.12 Å². The van der Waals surface area contributed by atoms with Gasteiger partial charge in [0.1, 0.15) is 0 Å². The molecule has 0 atom stereocenters. The summed E-state index contributed by atoms with van der Waals surface area (Å²) in [5, 5.41) is 18.9. The van der Waals surface area contributed by atoms with E-state index in [-0.39, 0.29) is 5.56 Å². The van der Waals surface area contributed by atoms with Crippen LogP contribution in [0.15, 0.2) is 35.1 Å². The number of benzene rings is 1. The van der Waals surface area contributed by atoms with Gasteiger partial charge in [-0.05, 0) is 23.0 Å². The van der Waals surface area contributed by atoms with E-state index in [0.29, 0.717) is 11.0 Å². The molecule has 0 aliphatic rings. The number of pyridine rings is 1. The van der Waals surface area contributed by atoms with Crippen molar-refractivity contribution in [1.29, 1.82) is 0 Å². The lowest BCUT2D eigenvalue weighted by atomic mass is 9.80. The van der Waals surface area contributed by atoms with Gasteiger partial charge in [0.05, 0.1) is 5.52 Å². The van der Waals surface area contributed by atoms with Gasteiger partial charge in [0.15, 0.2) is 0 Å². The third-order valence-corrected chi connectivity index (χ3v) is 2.45. The van der Waals surface area contributed by atoms with Crippen molar-refractivity contribution >= 4 is 23.5 Å². The lowest BCUT2D eigenvalue weighted by Gasteiger charge is -2.06. The summed E-state index contributed by atoms with van der Waals surface area (Å²) in [5.41, 5.74) is 0.948. The van der Waals surface area contributed by atoms with Crippen LogP contribution in [-0.4, -0.2) is 21.7 Å². The Labute approximate surface area is 86.6 Å². The zero-order chi connectivity index (χ0) is 11.0. The molecule has 5 heteroatoms.